The number of carbonyl (C=O) groups excluding carboxylic acids is 1. The summed E-state index contributed by atoms with van der Waals surface area (Å²) in [7, 11) is -1.92. The van der Waals surface area contributed by atoms with Crippen molar-refractivity contribution in [2.75, 3.05) is 17.6 Å². The predicted octanol–water partition coefficient (Wildman–Crippen LogP) is 3.51. The van der Waals surface area contributed by atoms with Crippen molar-refractivity contribution in [3.05, 3.63) is 65.2 Å². The zero-order chi connectivity index (χ0) is 20.2. The minimum atomic E-state index is -3.63. The molecule has 0 aliphatic rings. The van der Waals surface area contributed by atoms with Gasteiger partial charge in [-0.1, -0.05) is 43.3 Å². The van der Waals surface area contributed by atoms with Crippen molar-refractivity contribution in [1.82, 2.24) is 4.90 Å². The molecule has 1 atom stereocenters. The highest BCUT2D eigenvalue weighted by molar-refractivity contribution is 7.92. The Morgan fingerprint density at radius 2 is 1.59 bits per heavy atom. The first kappa shape index (κ1) is 21.0. The largest absolute Gasteiger partial charge is 0.340 e. The maximum atomic E-state index is 13.1. The Morgan fingerprint density at radius 1 is 1.04 bits per heavy atom. The zero-order valence-corrected chi connectivity index (χ0v) is 17.5. The summed E-state index contributed by atoms with van der Waals surface area (Å²) >= 11 is 0. The molecule has 2 aromatic rings. The van der Waals surface area contributed by atoms with E-state index in [1.165, 1.54) is 4.31 Å². The van der Waals surface area contributed by atoms with E-state index in [-0.39, 0.29) is 5.91 Å². The fourth-order valence-corrected chi connectivity index (χ4v) is 4.50. The Kier molecular flexibility index (Phi) is 6.65. The van der Waals surface area contributed by atoms with Crippen molar-refractivity contribution in [3.8, 4) is 0 Å². The van der Waals surface area contributed by atoms with Gasteiger partial charge < -0.3 is 4.90 Å². The van der Waals surface area contributed by atoms with Gasteiger partial charge in [-0.2, -0.15) is 0 Å². The normalized spacial score (nSPS) is 12.5. The van der Waals surface area contributed by atoms with Crippen LogP contribution in [0.3, 0.4) is 0 Å². The molecule has 146 valence electrons. The lowest BCUT2D eigenvalue weighted by Gasteiger charge is -2.33. The number of nitrogens with zero attached hydrogens (tertiary/aromatic N) is 2. The van der Waals surface area contributed by atoms with Crippen molar-refractivity contribution in [1.29, 1.82) is 0 Å². The topological polar surface area (TPSA) is 57.7 Å². The van der Waals surface area contributed by atoms with Crippen LogP contribution in [0.1, 0.15) is 30.0 Å². The Bertz CT molecular complexity index is 875. The lowest BCUT2D eigenvalue weighted by Crippen LogP contribution is -2.49. The van der Waals surface area contributed by atoms with Gasteiger partial charge in [0.25, 0.3) is 0 Å². The van der Waals surface area contributed by atoms with Crippen molar-refractivity contribution < 1.29 is 13.2 Å². The SMILES string of the molecule is CCC(C(=O)N(C)Cc1ccccc1)N(c1cc(C)cc(C)c1)S(C)(=O)=O. The third-order valence-corrected chi connectivity index (χ3v) is 5.59. The zero-order valence-electron chi connectivity index (χ0n) is 16.6. The van der Waals surface area contributed by atoms with E-state index in [1.54, 1.807) is 24.1 Å². The summed E-state index contributed by atoms with van der Waals surface area (Å²) in [5.41, 5.74) is 3.45. The number of rotatable bonds is 7. The van der Waals surface area contributed by atoms with Crippen LogP contribution in [0, 0.1) is 13.8 Å². The van der Waals surface area contributed by atoms with Crippen LogP contribution in [0.5, 0.6) is 0 Å². The summed E-state index contributed by atoms with van der Waals surface area (Å²) in [6, 6.07) is 14.5. The minimum absolute atomic E-state index is 0.217. The van der Waals surface area contributed by atoms with Gasteiger partial charge in [-0.25, -0.2) is 8.42 Å². The molecular formula is C21H28N2O3S. The van der Waals surface area contributed by atoms with Gasteiger partial charge in [-0.05, 0) is 49.1 Å². The molecule has 0 saturated carbocycles. The molecule has 0 spiro atoms. The first-order chi connectivity index (χ1) is 12.6. The lowest BCUT2D eigenvalue weighted by atomic mass is 10.1. The number of anilines is 1. The smallest absolute Gasteiger partial charge is 0.246 e. The summed E-state index contributed by atoms with van der Waals surface area (Å²) in [5, 5.41) is 0. The fourth-order valence-electron chi connectivity index (χ4n) is 3.31. The van der Waals surface area contributed by atoms with Crippen LogP contribution >= 0.6 is 0 Å². The van der Waals surface area contributed by atoms with Gasteiger partial charge in [0.05, 0.1) is 11.9 Å². The van der Waals surface area contributed by atoms with Crippen molar-refractivity contribution in [3.63, 3.8) is 0 Å². The molecule has 0 radical (unpaired) electrons. The number of likely N-dealkylation sites (N-methyl/N-ethyl adjacent to an activating group) is 1. The second-order valence-corrected chi connectivity index (χ2v) is 8.87. The Hall–Kier alpha value is -2.34. The third kappa shape index (κ3) is 5.32. The molecule has 27 heavy (non-hydrogen) atoms. The van der Waals surface area contributed by atoms with E-state index in [0.29, 0.717) is 18.7 Å². The standard InChI is InChI=1S/C21H28N2O3S/c1-6-20(21(24)22(4)15-18-10-8-7-9-11-18)23(27(5,25)26)19-13-16(2)12-17(3)14-19/h7-14,20H,6,15H2,1-5H3. The maximum Gasteiger partial charge on any atom is 0.246 e. The van der Waals surface area contributed by atoms with Crippen LogP contribution in [-0.2, 0) is 21.4 Å². The molecule has 0 aliphatic carbocycles. The van der Waals surface area contributed by atoms with Crippen LogP contribution in [0.2, 0.25) is 0 Å². The summed E-state index contributed by atoms with van der Waals surface area (Å²) < 4.78 is 26.5. The number of carbonyl (C=O) groups is 1. The van der Waals surface area contributed by atoms with E-state index >= 15 is 0 Å². The van der Waals surface area contributed by atoms with Gasteiger partial charge in [0.1, 0.15) is 6.04 Å². The molecule has 0 saturated heterocycles. The lowest BCUT2D eigenvalue weighted by molar-refractivity contribution is -0.131. The highest BCUT2D eigenvalue weighted by Gasteiger charge is 2.33. The van der Waals surface area contributed by atoms with Crippen molar-refractivity contribution in [2.45, 2.75) is 39.8 Å². The number of aryl methyl sites for hydroxylation is 2. The predicted molar refractivity (Wildman–Crippen MR) is 110 cm³/mol. The van der Waals surface area contributed by atoms with Crippen LogP contribution in [0.15, 0.2) is 48.5 Å². The van der Waals surface area contributed by atoms with Crippen LogP contribution in [0.4, 0.5) is 5.69 Å². The van der Waals surface area contributed by atoms with Crippen molar-refractivity contribution in [2.24, 2.45) is 0 Å². The van der Waals surface area contributed by atoms with Gasteiger partial charge in [0.2, 0.25) is 15.9 Å². The molecule has 0 aliphatic heterocycles. The molecule has 2 rings (SSSR count). The van der Waals surface area contributed by atoms with Gasteiger partial charge in [0, 0.05) is 13.6 Å². The number of amides is 1. The molecule has 0 N–H and O–H groups in total. The molecule has 1 unspecified atom stereocenters. The first-order valence-electron chi connectivity index (χ1n) is 9.00. The highest BCUT2D eigenvalue weighted by Crippen LogP contribution is 2.26. The van der Waals surface area contributed by atoms with Crippen molar-refractivity contribution >= 4 is 21.6 Å². The molecular weight excluding hydrogens is 360 g/mol. The maximum absolute atomic E-state index is 13.1. The summed E-state index contributed by atoms with van der Waals surface area (Å²) in [6.07, 6.45) is 1.54. The first-order valence-corrected chi connectivity index (χ1v) is 10.8. The second-order valence-electron chi connectivity index (χ2n) is 7.01. The molecule has 2 aromatic carbocycles. The quantitative estimate of drug-likeness (QED) is 0.729. The molecule has 0 aromatic heterocycles. The highest BCUT2D eigenvalue weighted by atomic mass is 32.2. The number of benzene rings is 2. The van der Waals surface area contributed by atoms with Crippen LogP contribution in [-0.4, -0.2) is 38.6 Å². The Balaban J connectivity index is 2.38. The molecule has 1 amide bonds. The average Bonchev–Trinajstić information content (AvgIpc) is 2.57. The Morgan fingerprint density at radius 3 is 2.07 bits per heavy atom. The summed E-state index contributed by atoms with van der Waals surface area (Å²) in [5.74, 6) is -0.217. The minimum Gasteiger partial charge on any atom is -0.340 e. The van der Waals surface area contributed by atoms with Crippen LogP contribution < -0.4 is 4.31 Å². The third-order valence-electron chi connectivity index (χ3n) is 4.41. The summed E-state index contributed by atoms with van der Waals surface area (Å²) in [4.78, 5) is 14.7. The summed E-state index contributed by atoms with van der Waals surface area (Å²) in [6.45, 7) is 6.10. The molecule has 6 heteroatoms. The van der Waals surface area contributed by atoms with Gasteiger partial charge >= 0.3 is 0 Å². The average molecular weight is 389 g/mol. The number of hydrogen-bond acceptors (Lipinski definition) is 3. The van der Waals surface area contributed by atoms with Gasteiger partial charge in [0.15, 0.2) is 0 Å². The van der Waals surface area contributed by atoms with E-state index in [0.717, 1.165) is 22.9 Å². The number of hydrogen-bond donors (Lipinski definition) is 0. The van der Waals surface area contributed by atoms with E-state index < -0.39 is 16.1 Å². The van der Waals surface area contributed by atoms with E-state index in [4.69, 9.17) is 0 Å². The Labute approximate surface area is 162 Å². The fraction of sp³-hybridized carbons (Fsp3) is 0.381. The van der Waals surface area contributed by atoms with Crippen LogP contribution in [0.25, 0.3) is 0 Å². The van der Waals surface area contributed by atoms with Gasteiger partial charge in [-0.3, -0.25) is 9.10 Å². The molecule has 0 heterocycles. The molecule has 0 bridgehead atoms. The molecule has 0 fully saturated rings. The second kappa shape index (κ2) is 8.57. The monoisotopic (exact) mass is 388 g/mol. The van der Waals surface area contributed by atoms with Gasteiger partial charge in [-0.15, -0.1) is 0 Å². The molecule has 5 nitrogen and oxygen atoms in total. The number of sulfonamides is 1. The van der Waals surface area contributed by atoms with E-state index in [1.807, 2.05) is 57.2 Å². The van der Waals surface area contributed by atoms with E-state index in [2.05, 4.69) is 0 Å². The van der Waals surface area contributed by atoms with E-state index in [9.17, 15) is 13.2 Å².